The van der Waals surface area contributed by atoms with Crippen LogP contribution in [0.4, 0.5) is 8.78 Å². The molecule has 0 aliphatic carbocycles. The van der Waals surface area contributed by atoms with Gasteiger partial charge in [-0.05, 0) is 20.8 Å². The second kappa shape index (κ2) is 5.78. The van der Waals surface area contributed by atoms with E-state index in [1.54, 1.807) is 20.8 Å². The Kier molecular flexibility index (Phi) is 5.39. The van der Waals surface area contributed by atoms with Crippen LogP contribution in [0.3, 0.4) is 0 Å². The summed E-state index contributed by atoms with van der Waals surface area (Å²) in [4.78, 5) is 21.9. The Hall–Kier alpha value is -1.29. The third kappa shape index (κ3) is 5.07. The predicted octanol–water partition coefficient (Wildman–Crippen LogP) is 0.600. The second-order valence-electron chi connectivity index (χ2n) is 4.51. The Morgan fingerprint density at radius 2 is 1.42 bits per heavy atom. The van der Waals surface area contributed by atoms with Gasteiger partial charge in [0, 0.05) is 0 Å². The molecule has 0 bridgehead atoms. The Labute approximate surface area is 108 Å². The lowest BCUT2D eigenvalue weighted by Gasteiger charge is -2.17. The van der Waals surface area contributed by atoms with Gasteiger partial charge in [-0.2, -0.15) is 17.2 Å². The van der Waals surface area contributed by atoms with Crippen molar-refractivity contribution in [1.82, 2.24) is 0 Å². The Bertz CT molecular complexity index is 450. The topological polar surface area (TPSA) is 107 Å². The van der Waals surface area contributed by atoms with E-state index in [9.17, 15) is 26.8 Å². The summed E-state index contributed by atoms with van der Waals surface area (Å²) in [6.07, 6.45) is 0. The zero-order valence-electron chi connectivity index (χ0n) is 10.5. The molecule has 7 nitrogen and oxygen atoms in total. The molecule has 0 atom stereocenters. The summed E-state index contributed by atoms with van der Waals surface area (Å²) in [5.74, 6) is -3.09. The number of halogens is 2. The van der Waals surface area contributed by atoms with Crippen molar-refractivity contribution in [3.05, 3.63) is 0 Å². The number of carbonyl (C=O) groups is 2. The van der Waals surface area contributed by atoms with E-state index in [1.807, 2.05) is 0 Å². The Morgan fingerprint density at radius 3 is 1.74 bits per heavy atom. The zero-order valence-corrected chi connectivity index (χ0v) is 11.3. The van der Waals surface area contributed by atoms with Gasteiger partial charge in [-0.1, -0.05) is 0 Å². The summed E-state index contributed by atoms with van der Waals surface area (Å²) in [5.41, 5.74) is -0.817. The van der Waals surface area contributed by atoms with E-state index >= 15 is 0 Å². The Morgan fingerprint density at radius 1 is 1.05 bits per heavy atom. The van der Waals surface area contributed by atoms with Gasteiger partial charge in [-0.3, -0.25) is 9.35 Å². The summed E-state index contributed by atoms with van der Waals surface area (Å²) < 4.78 is 62.3. The number of alkyl halides is 2. The highest BCUT2D eigenvalue weighted by atomic mass is 32.2. The SMILES string of the molecule is CC(C)(C)C(=O)OCCOC(=O)C(F)(F)S(=O)(=O)O. The average molecular weight is 304 g/mol. The molecule has 0 radical (unpaired) electrons. The molecule has 0 heterocycles. The highest BCUT2D eigenvalue weighted by Crippen LogP contribution is 2.22. The molecule has 0 fully saturated rings. The molecular formula is C9H14F2O7S. The molecule has 0 aromatic heterocycles. The lowest BCUT2D eigenvalue weighted by molar-refractivity contribution is -0.167. The highest BCUT2D eigenvalue weighted by Gasteiger charge is 2.54. The van der Waals surface area contributed by atoms with Crippen LogP contribution in [0, 0.1) is 5.41 Å². The van der Waals surface area contributed by atoms with Gasteiger partial charge in [0.05, 0.1) is 5.41 Å². The smallest absolute Gasteiger partial charge is 0.462 e. The number of hydrogen-bond donors (Lipinski definition) is 1. The predicted molar refractivity (Wildman–Crippen MR) is 57.9 cm³/mol. The highest BCUT2D eigenvalue weighted by molar-refractivity contribution is 7.87. The minimum Gasteiger partial charge on any atom is -0.462 e. The molecule has 0 unspecified atom stereocenters. The van der Waals surface area contributed by atoms with Crippen LogP contribution in [0.1, 0.15) is 20.8 Å². The van der Waals surface area contributed by atoms with E-state index in [2.05, 4.69) is 9.47 Å². The minimum absolute atomic E-state index is 0.511. The van der Waals surface area contributed by atoms with Crippen LogP contribution in [0.5, 0.6) is 0 Å². The maximum absolute atomic E-state index is 12.7. The molecule has 0 saturated carbocycles. The summed E-state index contributed by atoms with van der Waals surface area (Å²) in [6.45, 7) is 3.38. The molecule has 0 aromatic rings. The third-order valence-electron chi connectivity index (χ3n) is 1.72. The monoisotopic (exact) mass is 304 g/mol. The molecule has 112 valence electrons. The molecule has 0 spiro atoms. The van der Waals surface area contributed by atoms with Gasteiger partial charge in [-0.25, -0.2) is 4.79 Å². The number of carbonyl (C=O) groups excluding carboxylic acids is 2. The van der Waals surface area contributed by atoms with Crippen LogP contribution in [0.15, 0.2) is 0 Å². The molecule has 0 aromatic carbocycles. The lowest BCUT2D eigenvalue weighted by atomic mass is 9.97. The average Bonchev–Trinajstić information content (AvgIpc) is 2.20. The first kappa shape index (κ1) is 17.7. The molecule has 0 aliphatic heterocycles. The number of rotatable bonds is 5. The van der Waals surface area contributed by atoms with Gasteiger partial charge in [0.15, 0.2) is 0 Å². The molecule has 0 saturated heterocycles. The zero-order chi connectivity index (χ0) is 15.5. The van der Waals surface area contributed by atoms with Crippen molar-refractivity contribution in [2.75, 3.05) is 13.2 Å². The van der Waals surface area contributed by atoms with Gasteiger partial charge in [0.25, 0.3) is 0 Å². The number of ether oxygens (including phenoxy) is 2. The van der Waals surface area contributed by atoms with E-state index < -0.39 is 45.9 Å². The minimum atomic E-state index is -5.89. The molecular weight excluding hydrogens is 290 g/mol. The number of hydrogen-bond acceptors (Lipinski definition) is 6. The molecule has 19 heavy (non-hydrogen) atoms. The Balaban J connectivity index is 4.25. The lowest BCUT2D eigenvalue weighted by Crippen LogP contribution is -2.39. The van der Waals surface area contributed by atoms with Gasteiger partial charge in [-0.15, -0.1) is 0 Å². The van der Waals surface area contributed by atoms with Crippen molar-refractivity contribution in [2.45, 2.75) is 26.0 Å². The maximum Gasteiger partial charge on any atom is 0.465 e. The molecule has 10 heteroatoms. The van der Waals surface area contributed by atoms with Crippen LogP contribution in [0.25, 0.3) is 0 Å². The fourth-order valence-electron chi connectivity index (χ4n) is 0.675. The maximum atomic E-state index is 12.7. The first-order valence-corrected chi connectivity index (χ1v) is 6.43. The summed E-state index contributed by atoms with van der Waals surface area (Å²) in [7, 11) is -5.89. The fraction of sp³-hybridized carbons (Fsp3) is 0.778. The summed E-state index contributed by atoms with van der Waals surface area (Å²) in [6, 6.07) is 0. The first-order valence-electron chi connectivity index (χ1n) is 4.99. The summed E-state index contributed by atoms with van der Waals surface area (Å²) in [5, 5.41) is -5.05. The van der Waals surface area contributed by atoms with Crippen molar-refractivity contribution < 1.29 is 40.8 Å². The van der Waals surface area contributed by atoms with E-state index in [-0.39, 0.29) is 0 Å². The molecule has 0 amide bonds. The van der Waals surface area contributed by atoms with Gasteiger partial charge >= 0.3 is 27.3 Å². The molecule has 0 rings (SSSR count). The van der Waals surface area contributed by atoms with E-state index in [0.717, 1.165) is 0 Å². The van der Waals surface area contributed by atoms with Crippen molar-refractivity contribution in [1.29, 1.82) is 0 Å². The van der Waals surface area contributed by atoms with Crippen LogP contribution in [0.2, 0.25) is 0 Å². The quantitative estimate of drug-likeness (QED) is 0.450. The van der Waals surface area contributed by atoms with Gasteiger partial charge in [0.2, 0.25) is 0 Å². The fourth-order valence-corrected chi connectivity index (χ4v) is 0.944. The molecule has 1 N–H and O–H groups in total. The van der Waals surface area contributed by atoms with Crippen LogP contribution in [-0.2, 0) is 29.2 Å². The van der Waals surface area contributed by atoms with Crippen molar-refractivity contribution in [3.63, 3.8) is 0 Å². The van der Waals surface area contributed by atoms with Gasteiger partial charge < -0.3 is 9.47 Å². The van der Waals surface area contributed by atoms with E-state index in [4.69, 9.17) is 4.55 Å². The van der Waals surface area contributed by atoms with Gasteiger partial charge in [0.1, 0.15) is 13.2 Å². The standard InChI is InChI=1S/C9H14F2O7S/c1-8(2,3)6(12)17-4-5-18-7(13)9(10,11)19(14,15)16/h4-5H2,1-3H3,(H,14,15,16). The van der Waals surface area contributed by atoms with E-state index in [0.29, 0.717) is 0 Å². The van der Waals surface area contributed by atoms with Crippen LogP contribution >= 0.6 is 0 Å². The van der Waals surface area contributed by atoms with Crippen molar-refractivity contribution >= 4 is 22.1 Å². The first-order chi connectivity index (χ1) is 8.30. The van der Waals surface area contributed by atoms with Crippen molar-refractivity contribution in [3.8, 4) is 0 Å². The van der Waals surface area contributed by atoms with Crippen LogP contribution < -0.4 is 0 Å². The second-order valence-corrected chi connectivity index (χ2v) is 5.98. The summed E-state index contributed by atoms with van der Waals surface area (Å²) >= 11 is 0. The van der Waals surface area contributed by atoms with Crippen LogP contribution in [-0.4, -0.2) is 43.4 Å². The third-order valence-corrected chi connectivity index (χ3v) is 2.54. The largest absolute Gasteiger partial charge is 0.465 e. The molecule has 0 aliphatic rings. The number of esters is 2. The van der Waals surface area contributed by atoms with E-state index in [1.165, 1.54) is 0 Å². The van der Waals surface area contributed by atoms with Crippen molar-refractivity contribution in [2.24, 2.45) is 5.41 Å². The normalized spacial score (nSPS) is 12.9.